The van der Waals surface area contributed by atoms with Gasteiger partial charge in [-0.1, -0.05) is 18.2 Å². The number of amides is 1. The molecule has 0 aliphatic rings. The summed E-state index contributed by atoms with van der Waals surface area (Å²) in [6.45, 7) is 0.335. The van der Waals surface area contributed by atoms with Crippen molar-refractivity contribution in [3.63, 3.8) is 0 Å². The second-order valence-electron chi connectivity index (χ2n) is 6.24. The van der Waals surface area contributed by atoms with E-state index >= 15 is 0 Å². The molecule has 2 N–H and O–H groups in total. The molecule has 138 valence electrons. The summed E-state index contributed by atoms with van der Waals surface area (Å²) in [5.41, 5.74) is 4.67. The van der Waals surface area contributed by atoms with Crippen molar-refractivity contribution in [2.24, 2.45) is 0 Å². The summed E-state index contributed by atoms with van der Waals surface area (Å²) in [6, 6.07) is 15.4. The normalized spacial score (nSPS) is 10.6. The first-order valence-corrected chi connectivity index (χ1v) is 8.77. The van der Waals surface area contributed by atoms with Crippen molar-refractivity contribution < 1.29 is 9.18 Å². The first-order chi connectivity index (χ1) is 13.7. The number of benzene rings is 1. The van der Waals surface area contributed by atoms with Gasteiger partial charge in [0.1, 0.15) is 11.5 Å². The van der Waals surface area contributed by atoms with E-state index in [9.17, 15) is 9.18 Å². The molecule has 3 heterocycles. The van der Waals surface area contributed by atoms with Crippen LogP contribution in [0.5, 0.6) is 0 Å². The molecule has 0 saturated heterocycles. The molecule has 0 spiro atoms. The number of hydrogen-bond donors (Lipinski definition) is 2. The van der Waals surface area contributed by atoms with Crippen LogP contribution in [0, 0.1) is 5.82 Å². The Labute approximate surface area is 161 Å². The summed E-state index contributed by atoms with van der Waals surface area (Å²) < 4.78 is 13.1. The summed E-state index contributed by atoms with van der Waals surface area (Å²) in [4.78, 5) is 24.0. The molecule has 1 aromatic carbocycles. The van der Waals surface area contributed by atoms with Crippen molar-refractivity contribution in [3.05, 3.63) is 96.5 Å². The Hall–Kier alpha value is -3.80. The minimum Gasteiger partial charge on any atom is -0.357 e. The summed E-state index contributed by atoms with van der Waals surface area (Å²) in [5.74, 6) is -0.521. The van der Waals surface area contributed by atoms with Gasteiger partial charge in [-0.3, -0.25) is 14.8 Å². The maximum absolute atomic E-state index is 13.1. The quantitative estimate of drug-likeness (QED) is 0.551. The molecule has 0 radical (unpaired) electrons. The van der Waals surface area contributed by atoms with E-state index in [0.29, 0.717) is 12.2 Å². The predicted molar refractivity (Wildman–Crippen MR) is 105 cm³/mol. The molecule has 28 heavy (non-hydrogen) atoms. The highest BCUT2D eigenvalue weighted by atomic mass is 19.1. The molecule has 0 aliphatic heterocycles. The van der Waals surface area contributed by atoms with Gasteiger partial charge in [-0.2, -0.15) is 0 Å². The van der Waals surface area contributed by atoms with Gasteiger partial charge >= 0.3 is 0 Å². The van der Waals surface area contributed by atoms with Crippen LogP contribution in [-0.4, -0.2) is 20.9 Å². The molecule has 3 aromatic heterocycles. The Kier molecular flexibility index (Phi) is 4.93. The lowest BCUT2D eigenvalue weighted by Crippen LogP contribution is -2.23. The van der Waals surface area contributed by atoms with E-state index in [0.717, 1.165) is 27.9 Å². The number of nitrogens with one attached hydrogen (secondary N) is 2. The van der Waals surface area contributed by atoms with Crippen molar-refractivity contribution in [3.8, 4) is 22.4 Å². The number of pyridine rings is 2. The maximum atomic E-state index is 13.1. The van der Waals surface area contributed by atoms with Gasteiger partial charge in [0.2, 0.25) is 0 Å². The Morgan fingerprint density at radius 2 is 1.82 bits per heavy atom. The molecular weight excluding hydrogens is 355 g/mol. The lowest BCUT2D eigenvalue weighted by atomic mass is 10.1. The summed E-state index contributed by atoms with van der Waals surface area (Å²) >= 11 is 0. The largest absolute Gasteiger partial charge is 0.357 e. The smallest absolute Gasteiger partial charge is 0.267 e. The Balaban J connectivity index is 1.48. The molecule has 0 atom stereocenters. The molecule has 6 heteroatoms. The van der Waals surface area contributed by atoms with Crippen LogP contribution in [0.25, 0.3) is 22.4 Å². The standard InChI is InChI=1S/C22H17FN4O/c23-19-7-5-15(6-8-19)18-11-20(26-14-18)22(28)27-13-17-4-2-10-25-21(17)16-3-1-9-24-12-16/h1-12,14,26H,13H2,(H,27,28). The third-order valence-electron chi connectivity index (χ3n) is 4.37. The average Bonchev–Trinajstić information content (AvgIpc) is 3.24. The second kappa shape index (κ2) is 7.84. The van der Waals surface area contributed by atoms with Crippen molar-refractivity contribution in [1.29, 1.82) is 0 Å². The van der Waals surface area contributed by atoms with Crippen molar-refractivity contribution in [2.45, 2.75) is 6.54 Å². The van der Waals surface area contributed by atoms with Crippen LogP contribution in [0.1, 0.15) is 16.1 Å². The number of H-pyrrole nitrogens is 1. The van der Waals surface area contributed by atoms with Gasteiger partial charge in [-0.15, -0.1) is 0 Å². The minimum absolute atomic E-state index is 0.227. The molecular formula is C22H17FN4O. The molecule has 0 unspecified atom stereocenters. The molecule has 4 aromatic rings. The predicted octanol–water partition coefficient (Wildman–Crippen LogP) is 4.21. The van der Waals surface area contributed by atoms with E-state index in [1.165, 1.54) is 12.1 Å². The van der Waals surface area contributed by atoms with Gasteiger partial charge in [0, 0.05) is 36.9 Å². The molecule has 0 aliphatic carbocycles. The number of aromatic nitrogens is 3. The lowest BCUT2D eigenvalue weighted by Gasteiger charge is -2.09. The van der Waals surface area contributed by atoms with E-state index < -0.39 is 0 Å². The zero-order valence-electron chi connectivity index (χ0n) is 14.9. The van der Waals surface area contributed by atoms with Crippen LogP contribution in [-0.2, 0) is 6.54 Å². The number of carbonyl (C=O) groups excluding carboxylic acids is 1. The van der Waals surface area contributed by atoms with Crippen molar-refractivity contribution in [2.75, 3.05) is 0 Å². The summed E-state index contributed by atoms with van der Waals surface area (Å²) in [6.07, 6.45) is 6.90. The van der Waals surface area contributed by atoms with Crippen LogP contribution in [0.3, 0.4) is 0 Å². The third kappa shape index (κ3) is 3.81. The van der Waals surface area contributed by atoms with Crippen molar-refractivity contribution in [1.82, 2.24) is 20.3 Å². The molecule has 4 rings (SSSR count). The van der Waals surface area contributed by atoms with Crippen LogP contribution < -0.4 is 5.32 Å². The van der Waals surface area contributed by atoms with Crippen LogP contribution in [0.2, 0.25) is 0 Å². The highest BCUT2D eigenvalue weighted by molar-refractivity contribution is 5.94. The first-order valence-electron chi connectivity index (χ1n) is 8.77. The van der Waals surface area contributed by atoms with Gasteiger partial charge in [0.15, 0.2) is 0 Å². The molecule has 1 amide bonds. The Morgan fingerprint density at radius 1 is 1.00 bits per heavy atom. The molecule has 0 bridgehead atoms. The van der Waals surface area contributed by atoms with Crippen LogP contribution in [0.4, 0.5) is 4.39 Å². The fourth-order valence-corrected chi connectivity index (χ4v) is 2.95. The molecule has 5 nitrogen and oxygen atoms in total. The van der Waals surface area contributed by atoms with E-state index in [2.05, 4.69) is 20.3 Å². The highest BCUT2D eigenvalue weighted by Gasteiger charge is 2.12. The van der Waals surface area contributed by atoms with Crippen molar-refractivity contribution >= 4 is 5.91 Å². The van der Waals surface area contributed by atoms with Gasteiger partial charge in [-0.25, -0.2) is 4.39 Å². The topological polar surface area (TPSA) is 70.7 Å². The number of aromatic amines is 1. The Morgan fingerprint density at radius 3 is 2.61 bits per heavy atom. The molecule has 0 fully saturated rings. The average molecular weight is 372 g/mol. The lowest BCUT2D eigenvalue weighted by molar-refractivity contribution is 0.0946. The zero-order chi connectivity index (χ0) is 19.3. The number of halogens is 1. The SMILES string of the molecule is O=C(NCc1cccnc1-c1cccnc1)c1cc(-c2ccc(F)cc2)c[nH]1. The van der Waals surface area contributed by atoms with E-state index in [1.807, 2.05) is 24.3 Å². The fraction of sp³-hybridized carbons (Fsp3) is 0.0455. The van der Waals surface area contributed by atoms with E-state index in [4.69, 9.17) is 0 Å². The van der Waals surface area contributed by atoms with Gasteiger partial charge in [0.25, 0.3) is 5.91 Å². The number of hydrogen-bond acceptors (Lipinski definition) is 3. The van der Waals surface area contributed by atoms with Gasteiger partial charge in [0.05, 0.1) is 5.69 Å². The Bertz CT molecular complexity index is 1090. The third-order valence-corrected chi connectivity index (χ3v) is 4.37. The number of nitrogens with zero attached hydrogens (tertiary/aromatic N) is 2. The molecule has 0 saturated carbocycles. The second-order valence-corrected chi connectivity index (χ2v) is 6.24. The van der Waals surface area contributed by atoms with Crippen LogP contribution >= 0.6 is 0 Å². The fourth-order valence-electron chi connectivity index (χ4n) is 2.95. The highest BCUT2D eigenvalue weighted by Crippen LogP contribution is 2.22. The monoisotopic (exact) mass is 372 g/mol. The van der Waals surface area contributed by atoms with Gasteiger partial charge in [-0.05, 0) is 53.1 Å². The van der Waals surface area contributed by atoms with E-state index in [1.54, 1.807) is 43.0 Å². The van der Waals surface area contributed by atoms with Gasteiger partial charge < -0.3 is 10.3 Å². The van der Waals surface area contributed by atoms with E-state index in [-0.39, 0.29) is 11.7 Å². The number of carbonyl (C=O) groups is 1. The maximum Gasteiger partial charge on any atom is 0.267 e. The summed E-state index contributed by atoms with van der Waals surface area (Å²) in [7, 11) is 0. The zero-order valence-corrected chi connectivity index (χ0v) is 14.9. The first kappa shape index (κ1) is 17.6. The summed E-state index contributed by atoms with van der Waals surface area (Å²) in [5, 5.41) is 2.91. The number of rotatable bonds is 5. The minimum atomic E-state index is -0.293. The van der Waals surface area contributed by atoms with Crippen LogP contribution in [0.15, 0.2) is 79.4 Å².